The summed E-state index contributed by atoms with van der Waals surface area (Å²) in [5, 5.41) is 5.27. The van der Waals surface area contributed by atoms with E-state index in [0.29, 0.717) is 66.5 Å². The number of hydrogen-bond donors (Lipinski definition) is 0. The first-order chi connectivity index (χ1) is 14.4. The second kappa shape index (κ2) is 7.21. The number of morpholine rings is 1. The van der Waals surface area contributed by atoms with Gasteiger partial charge >= 0.3 is 0 Å². The zero-order valence-electron chi connectivity index (χ0n) is 16.6. The largest absolute Gasteiger partial charge is 0.463 e. The molecule has 2 aliphatic rings. The Bertz CT molecular complexity index is 1210. The summed E-state index contributed by atoms with van der Waals surface area (Å²) in [4.78, 5) is 19.9. The van der Waals surface area contributed by atoms with Crippen molar-refractivity contribution in [2.24, 2.45) is 0 Å². The predicted octanol–water partition coefficient (Wildman–Crippen LogP) is 1.83. The third-order valence-electron chi connectivity index (χ3n) is 5.69. The molecular weight excluding hydrogens is 408 g/mol. The number of aromatic nitrogens is 3. The number of ether oxygens (including phenoxy) is 1. The molecule has 3 aromatic rings. The van der Waals surface area contributed by atoms with Crippen molar-refractivity contribution in [1.82, 2.24) is 19.7 Å². The van der Waals surface area contributed by atoms with Crippen molar-refractivity contribution in [3.05, 3.63) is 35.7 Å². The van der Waals surface area contributed by atoms with E-state index < -0.39 is 9.84 Å². The molecule has 0 radical (unpaired) electrons. The lowest BCUT2D eigenvalue weighted by Crippen LogP contribution is -2.40. The van der Waals surface area contributed by atoms with Crippen molar-refractivity contribution in [2.75, 3.05) is 37.8 Å². The highest BCUT2D eigenvalue weighted by Crippen LogP contribution is 2.32. The van der Waals surface area contributed by atoms with E-state index in [-0.39, 0.29) is 23.5 Å². The van der Waals surface area contributed by atoms with E-state index >= 15 is 0 Å². The van der Waals surface area contributed by atoms with Gasteiger partial charge in [0, 0.05) is 13.1 Å². The summed E-state index contributed by atoms with van der Waals surface area (Å²) in [6.45, 7) is 3.87. The predicted molar refractivity (Wildman–Crippen MR) is 109 cm³/mol. The van der Waals surface area contributed by atoms with Gasteiger partial charge in [-0.1, -0.05) is 0 Å². The average Bonchev–Trinajstić information content (AvgIpc) is 3.47. The summed E-state index contributed by atoms with van der Waals surface area (Å²) in [6.07, 6.45) is 2.04. The Morgan fingerprint density at radius 1 is 1.27 bits per heavy atom. The first kappa shape index (κ1) is 19.3. The van der Waals surface area contributed by atoms with Crippen LogP contribution >= 0.6 is 0 Å². The molecule has 0 bridgehead atoms. The number of fused-ring (bicyclic) bond motifs is 1. The number of carbonyl (C=O) groups is 1. The van der Waals surface area contributed by atoms with Gasteiger partial charge in [0.05, 0.1) is 53.7 Å². The van der Waals surface area contributed by atoms with E-state index in [1.807, 2.05) is 6.92 Å². The normalized spacial score (nSPS) is 21.4. The second-order valence-corrected chi connectivity index (χ2v) is 9.95. The molecule has 30 heavy (non-hydrogen) atoms. The molecule has 0 aromatic carbocycles. The smallest absolute Gasteiger partial charge is 0.254 e. The zero-order chi connectivity index (χ0) is 20.9. The van der Waals surface area contributed by atoms with Gasteiger partial charge < -0.3 is 14.1 Å². The van der Waals surface area contributed by atoms with Crippen LogP contribution in [-0.4, -0.2) is 71.8 Å². The standard InChI is InChI=1S/C20H22N4O5S/c1-13-18-15(20(25)23-5-8-28-9-6-23)11-16(17-3-2-7-29-17)21-19(18)24(22-13)14-4-10-30(26,27)12-14/h2-3,7,11,14H,4-6,8-10,12H2,1H3/t14-/m1/s1. The summed E-state index contributed by atoms with van der Waals surface area (Å²) in [5.74, 6) is 0.593. The van der Waals surface area contributed by atoms with Gasteiger partial charge in [0.1, 0.15) is 5.69 Å². The molecule has 5 rings (SSSR count). The van der Waals surface area contributed by atoms with Crippen LogP contribution in [0, 0.1) is 6.92 Å². The molecule has 2 fully saturated rings. The number of sulfone groups is 1. The third-order valence-corrected chi connectivity index (χ3v) is 7.44. The zero-order valence-corrected chi connectivity index (χ0v) is 17.4. The van der Waals surface area contributed by atoms with Crippen molar-refractivity contribution in [3.8, 4) is 11.5 Å². The molecule has 1 amide bonds. The summed E-state index contributed by atoms with van der Waals surface area (Å²) in [7, 11) is -3.10. The van der Waals surface area contributed by atoms with Gasteiger partial charge in [-0.05, 0) is 31.5 Å². The molecule has 3 aromatic heterocycles. The van der Waals surface area contributed by atoms with Crippen LogP contribution < -0.4 is 0 Å². The Morgan fingerprint density at radius 3 is 2.73 bits per heavy atom. The van der Waals surface area contributed by atoms with Gasteiger partial charge in [-0.3, -0.25) is 4.79 Å². The lowest BCUT2D eigenvalue weighted by molar-refractivity contribution is 0.0304. The van der Waals surface area contributed by atoms with Crippen molar-refractivity contribution < 1.29 is 22.4 Å². The van der Waals surface area contributed by atoms with E-state index in [1.165, 1.54) is 0 Å². The van der Waals surface area contributed by atoms with Crippen LogP contribution in [0.1, 0.15) is 28.5 Å². The van der Waals surface area contributed by atoms with Gasteiger partial charge in [-0.25, -0.2) is 18.1 Å². The topological polar surface area (TPSA) is 108 Å². The highest BCUT2D eigenvalue weighted by atomic mass is 32.2. The number of rotatable bonds is 3. The van der Waals surface area contributed by atoms with Crippen LogP contribution in [0.5, 0.6) is 0 Å². The van der Waals surface area contributed by atoms with E-state index in [9.17, 15) is 13.2 Å². The fourth-order valence-electron chi connectivity index (χ4n) is 4.19. The Labute approximate surface area is 173 Å². The van der Waals surface area contributed by atoms with Crippen molar-refractivity contribution in [3.63, 3.8) is 0 Å². The van der Waals surface area contributed by atoms with Crippen LogP contribution in [0.25, 0.3) is 22.5 Å². The second-order valence-electron chi connectivity index (χ2n) is 7.72. The van der Waals surface area contributed by atoms with Crippen LogP contribution in [0.15, 0.2) is 28.9 Å². The number of amides is 1. The Kier molecular flexibility index (Phi) is 4.62. The molecule has 10 heteroatoms. The minimum Gasteiger partial charge on any atom is -0.463 e. The SMILES string of the molecule is Cc1nn([C@@H]2CCS(=O)(=O)C2)c2nc(-c3ccco3)cc(C(=O)N3CCOCC3)c12. The number of nitrogens with zero attached hydrogens (tertiary/aromatic N) is 4. The fraction of sp³-hybridized carbons (Fsp3) is 0.450. The molecule has 0 aliphatic carbocycles. The monoisotopic (exact) mass is 430 g/mol. The molecule has 158 valence electrons. The highest BCUT2D eigenvalue weighted by Gasteiger charge is 2.33. The molecule has 2 saturated heterocycles. The van der Waals surface area contributed by atoms with Gasteiger partial charge in [0.2, 0.25) is 0 Å². The Morgan fingerprint density at radius 2 is 2.07 bits per heavy atom. The van der Waals surface area contributed by atoms with Crippen molar-refractivity contribution >= 4 is 26.8 Å². The summed E-state index contributed by atoms with van der Waals surface area (Å²) >= 11 is 0. The number of pyridine rings is 1. The molecule has 0 N–H and O–H groups in total. The average molecular weight is 430 g/mol. The molecule has 2 aliphatic heterocycles. The number of carbonyl (C=O) groups excluding carboxylic acids is 1. The van der Waals surface area contributed by atoms with Crippen LogP contribution in [0.4, 0.5) is 0 Å². The van der Waals surface area contributed by atoms with E-state index in [2.05, 4.69) is 5.10 Å². The maximum atomic E-state index is 13.4. The minimum absolute atomic E-state index is 0.0304. The molecular formula is C20H22N4O5S. The molecule has 0 saturated carbocycles. The van der Waals surface area contributed by atoms with Gasteiger partial charge in [0.15, 0.2) is 21.2 Å². The summed E-state index contributed by atoms with van der Waals surface area (Å²) in [5.41, 5.74) is 2.19. The quantitative estimate of drug-likeness (QED) is 0.624. The van der Waals surface area contributed by atoms with E-state index in [4.69, 9.17) is 14.1 Å². The van der Waals surface area contributed by atoms with Crippen LogP contribution in [0.2, 0.25) is 0 Å². The molecule has 5 heterocycles. The molecule has 9 nitrogen and oxygen atoms in total. The van der Waals surface area contributed by atoms with E-state index in [0.717, 1.165) is 0 Å². The molecule has 1 atom stereocenters. The van der Waals surface area contributed by atoms with E-state index in [1.54, 1.807) is 34.0 Å². The lowest BCUT2D eigenvalue weighted by Gasteiger charge is -2.27. The number of aryl methyl sites for hydroxylation is 1. The summed E-state index contributed by atoms with van der Waals surface area (Å²) in [6, 6.07) is 4.99. The summed E-state index contributed by atoms with van der Waals surface area (Å²) < 4.78 is 36.7. The highest BCUT2D eigenvalue weighted by molar-refractivity contribution is 7.91. The van der Waals surface area contributed by atoms with Crippen LogP contribution in [0.3, 0.4) is 0 Å². The third kappa shape index (κ3) is 3.29. The Balaban J connectivity index is 1.69. The first-order valence-corrected chi connectivity index (χ1v) is 11.8. The molecule has 0 spiro atoms. The van der Waals surface area contributed by atoms with Crippen molar-refractivity contribution in [2.45, 2.75) is 19.4 Å². The number of furan rings is 1. The fourth-order valence-corrected chi connectivity index (χ4v) is 5.88. The van der Waals surface area contributed by atoms with Crippen molar-refractivity contribution in [1.29, 1.82) is 0 Å². The lowest BCUT2D eigenvalue weighted by atomic mass is 10.1. The number of hydrogen-bond acceptors (Lipinski definition) is 7. The molecule has 0 unspecified atom stereocenters. The van der Waals surface area contributed by atoms with Gasteiger partial charge in [-0.2, -0.15) is 5.10 Å². The maximum absolute atomic E-state index is 13.4. The van der Waals surface area contributed by atoms with Gasteiger partial charge in [-0.15, -0.1) is 0 Å². The van der Waals surface area contributed by atoms with Crippen LogP contribution in [-0.2, 0) is 14.6 Å². The maximum Gasteiger partial charge on any atom is 0.254 e. The Hall–Kier alpha value is -2.72. The van der Waals surface area contributed by atoms with Gasteiger partial charge in [0.25, 0.3) is 5.91 Å². The minimum atomic E-state index is -3.10. The first-order valence-electron chi connectivity index (χ1n) is 9.94.